The van der Waals surface area contributed by atoms with Crippen molar-refractivity contribution >= 4 is 23.5 Å². The average Bonchev–Trinajstić information content (AvgIpc) is 2.58. The molecule has 0 fully saturated rings. The molecule has 0 saturated carbocycles. The smallest absolute Gasteiger partial charge is 0.337 e. The van der Waals surface area contributed by atoms with Gasteiger partial charge in [-0.3, -0.25) is 9.59 Å². The van der Waals surface area contributed by atoms with Crippen molar-refractivity contribution in [3.05, 3.63) is 42.0 Å². The number of carboxylic acids is 1. The van der Waals surface area contributed by atoms with E-state index in [0.717, 1.165) is 17.1 Å². The quantitative estimate of drug-likeness (QED) is 0.735. The second-order valence-corrected chi connectivity index (χ2v) is 3.08. The SMILES string of the molecule is O=C(O)c1ccc[c]c1N1C(=O)C=CC1=O. The maximum atomic E-state index is 11.4. The molecule has 16 heavy (non-hydrogen) atoms. The largest absolute Gasteiger partial charge is 0.478 e. The van der Waals surface area contributed by atoms with Gasteiger partial charge in [-0.2, -0.15) is 0 Å². The molecule has 1 aromatic rings. The van der Waals surface area contributed by atoms with Crippen molar-refractivity contribution in [1.29, 1.82) is 0 Å². The minimum absolute atomic E-state index is 0.0324. The van der Waals surface area contributed by atoms with Crippen LogP contribution in [-0.4, -0.2) is 22.9 Å². The molecule has 1 aromatic carbocycles. The molecular weight excluding hydrogens is 210 g/mol. The van der Waals surface area contributed by atoms with Gasteiger partial charge in [0.2, 0.25) is 0 Å². The van der Waals surface area contributed by atoms with Gasteiger partial charge in [-0.05, 0) is 6.07 Å². The van der Waals surface area contributed by atoms with E-state index in [-0.39, 0.29) is 11.3 Å². The lowest BCUT2D eigenvalue weighted by Crippen LogP contribution is -2.31. The number of para-hydroxylation sites is 1. The van der Waals surface area contributed by atoms with Crippen molar-refractivity contribution < 1.29 is 19.5 Å². The molecule has 5 nitrogen and oxygen atoms in total. The highest BCUT2D eigenvalue weighted by Gasteiger charge is 2.28. The zero-order valence-electron chi connectivity index (χ0n) is 8.01. The van der Waals surface area contributed by atoms with Crippen LogP contribution in [0.5, 0.6) is 0 Å². The first kappa shape index (κ1) is 10.1. The Labute approximate surface area is 90.6 Å². The van der Waals surface area contributed by atoms with E-state index in [0.29, 0.717) is 0 Å². The Morgan fingerprint density at radius 1 is 1.25 bits per heavy atom. The van der Waals surface area contributed by atoms with Gasteiger partial charge in [0.1, 0.15) is 0 Å². The first-order valence-corrected chi connectivity index (χ1v) is 4.41. The number of carbonyl (C=O) groups is 3. The van der Waals surface area contributed by atoms with E-state index in [1.54, 1.807) is 0 Å². The average molecular weight is 216 g/mol. The fraction of sp³-hybridized carbons (Fsp3) is 0. The Hall–Kier alpha value is -2.43. The number of nitrogens with zero attached hydrogens (tertiary/aromatic N) is 1. The number of hydrogen-bond donors (Lipinski definition) is 1. The lowest BCUT2D eigenvalue weighted by molar-refractivity contribution is -0.119. The van der Waals surface area contributed by atoms with Crippen LogP contribution in [0.15, 0.2) is 30.4 Å². The molecule has 0 aromatic heterocycles. The third kappa shape index (κ3) is 1.48. The first-order chi connectivity index (χ1) is 7.61. The summed E-state index contributed by atoms with van der Waals surface area (Å²) in [5.74, 6) is -2.33. The van der Waals surface area contributed by atoms with Gasteiger partial charge in [0.15, 0.2) is 0 Å². The summed E-state index contributed by atoms with van der Waals surface area (Å²) in [7, 11) is 0. The molecule has 1 heterocycles. The first-order valence-electron chi connectivity index (χ1n) is 4.41. The van der Waals surface area contributed by atoms with Crippen molar-refractivity contribution in [2.75, 3.05) is 4.90 Å². The fourth-order valence-electron chi connectivity index (χ4n) is 1.41. The van der Waals surface area contributed by atoms with E-state index >= 15 is 0 Å². The second-order valence-electron chi connectivity index (χ2n) is 3.08. The number of benzene rings is 1. The molecule has 2 amide bonds. The number of hydrogen-bond acceptors (Lipinski definition) is 3. The lowest BCUT2D eigenvalue weighted by atomic mass is 10.1. The predicted octanol–water partition coefficient (Wildman–Crippen LogP) is 0.614. The van der Waals surface area contributed by atoms with Crippen molar-refractivity contribution in [1.82, 2.24) is 0 Å². The van der Waals surface area contributed by atoms with Crippen LogP contribution >= 0.6 is 0 Å². The van der Waals surface area contributed by atoms with Crippen LogP contribution in [0.2, 0.25) is 0 Å². The third-order valence-electron chi connectivity index (χ3n) is 2.10. The zero-order chi connectivity index (χ0) is 11.7. The minimum Gasteiger partial charge on any atom is -0.478 e. The van der Waals surface area contributed by atoms with Crippen LogP contribution in [0.4, 0.5) is 5.69 Å². The molecule has 5 heteroatoms. The monoisotopic (exact) mass is 216 g/mol. The van der Waals surface area contributed by atoms with E-state index in [4.69, 9.17) is 5.11 Å². The van der Waals surface area contributed by atoms with Crippen molar-refractivity contribution in [3.8, 4) is 0 Å². The number of amides is 2. The number of anilines is 1. The molecule has 1 N–H and O–H groups in total. The Bertz CT molecular complexity index is 500. The van der Waals surface area contributed by atoms with E-state index in [1.807, 2.05) is 0 Å². The molecule has 1 radical (unpaired) electrons. The van der Waals surface area contributed by atoms with Gasteiger partial charge in [0.25, 0.3) is 11.8 Å². The molecule has 0 atom stereocenters. The van der Waals surface area contributed by atoms with Gasteiger partial charge in [-0.25, -0.2) is 9.69 Å². The number of imide groups is 1. The second kappa shape index (κ2) is 3.62. The summed E-state index contributed by atoms with van der Waals surface area (Å²) in [6, 6.07) is 6.82. The van der Waals surface area contributed by atoms with E-state index < -0.39 is 17.8 Å². The molecule has 0 saturated heterocycles. The van der Waals surface area contributed by atoms with E-state index in [1.165, 1.54) is 18.2 Å². The summed E-state index contributed by atoms with van der Waals surface area (Å²) in [5, 5.41) is 8.91. The van der Waals surface area contributed by atoms with Gasteiger partial charge in [-0.1, -0.05) is 12.1 Å². The van der Waals surface area contributed by atoms with Crippen LogP contribution in [0.3, 0.4) is 0 Å². The number of carbonyl (C=O) groups excluding carboxylic acids is 2. The molecule has 1 aliphatic rings. The summed E-state index contributed by atoms with van der Waals surface area (Å²) in [4.78, 5) is 34.4. The van der Waals surface area contributed by atoms with Gasteiger partial charge in [-0.15, -0.1) is 0 Å². The molecule has 0 spiro atoms. The van der Waals surface area contributed by atoms with E-state index in [9.17, 15) is 14.4 Å². The number of rotatable bonds is 2. The highest BCUT2D eigenvalue weighted by atomic mass is 16.4. The summed E-state index contributed by atoms with van der Waals surface area (Å²) >= 11 is 0. The van der Waals surface area contributed by atoms with Crippen LogP contribution in [0, 0.1) is 6.07 Å². The molecule has 2 rings (SSSR count). The van der Waals surface area contributed by atoms with Crippen molar-refractivity contribution in [2.45, 2.75) is 0 Å². The summed E-state index contributed by atoms with van der Waals surface area (Å²) in [5.41, 5.74) is -0.164. The molecule has 1 aliphatic heterocycles. The van der Waals surface area contributed by atoms with Gasteiger partial charge >= 0.3 is 5.97 Å². The third-order valence-corrected chi connectivity index (χ3v) is 2.10. The normalized spacial score (nSPS) is 14.6. The summed E-state index contributed by atoms with van der Waals surface area (Å²) in [6.45, 7) is 0. The molecule has 0 unspecified atom stereocenters. The topological polar surface area (TPSA) is 74.7 Å². The Morgan fingerprint density at radius 2 is 1.88 bits per heavy atom. The number of aromatic carboxylic acids is 1. The highest BCUT2D eigenvalue weighted by molar-refractivity contribution is 6.29. The van der Waals surface area contributed by atoms with Gasteiger partial charge in [0.05, 0.1) is 11.3 Å². The van der Waals surface area contributed by atoms with Gasteiger partial charge < -0.3 is 5.11 Å². The van der Waals surface area contributed by atoms with Crippen LogP contribution in [0.25, 0.3) is 0 Å². The van der Waals surface area contributed by atoms with Crippen molar-refractivity contribution in [3.63, 3.8) is 0 Å². The van der Waals surface area contributed by atoms with Crippen LogP contribution in [-0.2, 0) is 9.59 Å². The minimum atomic E-state index is -1.21. The Balaban J connectivity index is 2.52. The zero-order valence-corrected chi connectivity index (χ0v) is 8.01. The fourth-order valence-corrected chi connectivity index (χ4v) is 1.41. The highest BCUT2D eigenvalue weighted by Crippen LogP contribution is 2.22. The van der Waals surface area contributed by atoms with Gasteiger partial charge in [0, 0.05) is 18.2 Å². The standard InChI is InChI=1S/C11H6NO4/c13-9-5-6-10(14)12(9)8-4-2-1-3-7(8)11(15)16/h1-3,5-6H,(H,15,16). The molecule has 0 bridgehead atoms. The maximum Gasteiger partial charge on any atom is 0.337 e. The lowest BCUT2D eigenvalue weighted by Gasteiger charge is -2.15. The summed E-state index contributed by atoms with van der Waals surface area (Å²) in [6.07, 6.45) is 2.18. The molecule has 0 aliphatic carbocycles. The molecule has 79 valence electrons. The molecular formula is C11H6NO4. The van der Waals surface area contributed by atoms with Crippen LogP contribution < -0.4 is 4.90 Å². The van der Waals surface area contributed by atoms with E-state index in [2.05, 4.69) is 6.07 Å². The van der Waals surface area contributed by atoms with Crippen LogP contribution in [0.1, 0.15) is 10.4 Å². The predicted molar refractivity (Wildman–Crippen MR) is 53.9 cm³/mol. The van der Waals surface area contributed by atoms with Crippen molar-refractivity contribution in [2.24, 2.45) is 0 Å². The Kier molecular flexibility index (Phi) is 2.28. The maximum absolute atomic E-state index is 11.4. The Morgan fingerprint density at radius 3 is 2.44 bits per heavy atom. The summed E-state index contributed by atoms with van der Waals surface area (Å²) < 4.78 is 0. The number of carboxylic acid groups (broad SMARTS) is 1.